The second-order valence-electron chi connectivity index (χ2n) is 10.9. The summed E-state index contributed by atoms with van der Waals surface area (Å²) in [6.07, 6.45) is 22.3. The Morgan fingerprint density at radius 2 is 0.971 bits per heavy atom. The zero-order valence-electron chi connectivity index (χ0n) is 23.4. The normalized spacial score (nSPS) is 12.4. The van der Waals surface area contributed by atoms with Crippen molar-refractivity contribution in [1.82, 2.24) is 5.32 Å². The number of carbonyl (C=O) groups excluding carboxylic acids is 2. The monoisotopic (exact) mass is 483 g/mol. The van der Waals surface area contributed by atoms with Gasteiger partial charge in [-0.2, -0.15) is 0 Å². The average Bonchev–Trinajstić information content (AvgIpc) is 2.78. The number of nitrogens with one attached hydrogen (secondary N) is 1. The van der Waals surface area contributed by atoms with Crippen LogP contribution in [0.25, 0.3) is 0 Å². The predicted octanol–water partition coefficient (Wildman–Crippen LogP) is 8.73. The number of ether oxygens (including phenoxy) is 2. The van der Waals surface area contributed by atoms with Crippen LogP contribution in [-0.2, 0) is 14.3 Å². The fourth-order valence-corrected chi connectivity index (χ4v) is 4.00. The molecule has 0 aliphatic rings. The summed E-state index contributed by atoms with van der Waals surface area (Å²) in [4.78, 5) is 24.5. The van der Waals surface area contributed by atoms with Crippen molar-refractivity contribution in [1.29, 1.82) is 0 Å². The molecule has 1 N–H and O–H groups in total. The van der Waals surface area contributed by atoms with E-state index in [1.54, 1.807) is 0 Å². The fourth-order valence-electron chi connectivity index (χ4n) is 4.00. The molecule has 0 spiro atoms. The summed E-state index contributed by atoms with van der Waals surface area (Å²) in [7, 11) is 0. The second-order valence-corrected chi connectivity index (χ2v) is 10.9. The lowest BCUT2D eigenvalue weighted by Gasteiger charge is -2.29. The molecule has 0 bridgehead atoms. The van der Waals surface area contributed by atoms with Crippen LogP contribution >= 0.6 is 0 Å². The number of amides is 1. The lowest BCUT2D eigenvalue weighted by molar-refractivity contribution is -0.149. The maximum Gasteiger partial charge on any atom is 0.407 e. The Morgan fingerprint density at radius 3 is 1.38 bits per heavy atom. The van der Waals surface area contributed by atoms with Crippen molar-refractivity contribution in [3.05, 3.63) is 0 Å². The smallest absolute Gasteiger partial charge is 0.407 e. The summed E-state index contributed by atoms with van der Waals surface area (Å²) in [6.45, 7) is 10.8. The van der Waals surface area contributed by atoms with Gasteiger partial charge in [-0.3, -0.25) is 0 Å². The number of esters is 1. The number of alkyl carbamates (subject to hydrolysis) is 1. The molecule has 202 valence electrons. The molecule has 0 radical (unpaired) electrons. The minimum atomic E-state index is -0.706. The molecule has 0 heterocycles. The molecule has 34 heavy (non-hydrogen) atoms. The van der Waals surface area contributed by atoms with Crippen LogP contribution in [0.1, 0.15) is 150 Å². The Labute approximate surface area is 211 Å². The van der Waals surface area contributed by atoms with Crippen LogP contribution in [0.5, 0.6) is 0 Å². The maximum atomic E-state index is 12.5. The fraction of sp³-hybridized carbons (Fsp3) is 0.931. The van der Waals surface area contributed by atoms with E-state index in [1.807, 2.05) is 27.7 Å². The Bertz CT molecular complexity index is 487. The highest BCUT2D eigenvalue weighted by molar-refractivity contribution is 5.82. The molecule has 5 nitrogen and oxygen atoms in total. The first-order valence-electron chi connectivity index (χ1n) is 14.4. The number of hydrogen-bond donors (Lipinski definition) is 1. The first kappa shape index (κ1) is 32.7. The Balaban J connectivity index is 3.69. The highest BCUT2D eigenvalue weighted by atomic mass is 16.6. The van der Waals surface area contributed by atoms with Crippen LogP contribution in [0.4, 0.5) is 4.79 Å². The van der Waals surface area contributed by atoms with Gasteiger partial charge in [0, 0.05) is 0 Å². The summed E-state index contributed by atoms with van der Waals surface area (Å²) in [6, 6.07) is -0.706. The first-order chi connectivity index (χ1) is 16.3. The Hall–Kier alpha value is -1.26. The van der Waals surface area contributed by atoms with Gasteiger partial charge >= 0.3 is 12.1 Å². The van der Waals surface area contributed by atoms with E-state index in [9.17, 15) is 9.59 Å². The molecule has 0 aromatic carbocycles. The standard InChI is InChI=1S/C29H57NO4/c1-6-8-10-11-12-13-14-15-16-17-18-19-20-21-22-23-25-33-27(31)26(29(3,4)5)30-28(32)34-24-9-7-2/h26H,6-25H2,1-5H3,(H,30,32). The maximum absolute atomic E-state index is 12.5. The molecule has 0 aromatic heterocycles. The van der Waals surface area contributed by atoms with Gasteiger partial charge in [0.05, 0.1) is 13.2 Å². The number of carbonyl (C=O) groups is 2. The summed E-state index contributed by atoms with van der Waals surface area (Å²) in [5.41, 5.74) is -0.435. The molecule has 0 saturated carbocycles. The van der Waals surface area contributed by atoms with E-state index < -0.39 is 17.6 Å². The highest BCUT2D eigenvalue weighted by Gasteiger charge is 2.34. The molecule has 0 aliphatic heterocycles. The SMILES string of the molecule is CCCCCCCCCCCCCCCCCCOC(=O)C(NC(=O)OCCCC)C(C)(C)C. The highest BCUT2D eigenvalue weighted by Crippen LogP contribution is 2.21. The molecule has 1 atom stereocenters. The van der Waals surface area contributed by atoms with E-state index in [0.29, 0.717) is 13.2 Å². The van der Waals surface area contributed by atoms with Gasteiger partial charge in [0.15, 0.2) is 0 Å². The molecular formula is C29H57NO4. The van der Waals surface area contributed by atoms with Crippen LogP contribution in [0.3, 0.4) is 0 Å². The molecule has 0 aliphatic carbocycles. The van der Waals surface area contributed by atoms with Crippen LogP contribution in [0, 0.1) is 5.41 Å². The third-order valence-corrected chi connectivity index (χ3v) is 6.34. The predicted molar refractivity (Wildman–Crippen MR) is 143 cm³/mol. The molecular weight excluding hydrogens is 426 g/mol. The molecule has 0 saturated heterocycles. The van der Waals surface area contributed by atoms with Crippen LogP contribution in [0.15, 0.2) is 0 Å². The third kappa shape index (κ3) is 20.1. The summed E-state index contributed by atoms with van der Waals surface area (Å²) in [5, 5.41) is 2.69. The second kappa shape index (κ2) is 22.2. The van der Waals surface area contributed by atoms with E-state index in [-0.39, 0.29) is 5.97 Å². The lowest BCUT2D eigenvalue weighted by Crippen LogP contribution is -2.50. The molecule has 0 aromatic rings. The number of rotatable bonds is 22. The van der Waals surface area contributed by atoms with Crippen LogP contribution < -0.4 is 5.32 Å². The summed E-state index contributed by atoms with van der Waals surface area (Å²) >= 11 is 0. The van der Waals surface area contributed by atoms with Gasteiger partial charge in [0.2, 0.25) is 0 Å². The van der Waals surface area contributed by atoms with Gasteiger partial charge < -0.3 is 14.8 Å². The van der Waals surface area contributed by atoms with E-state index in [2.05, 4.69) is 12.2 Å². The van der Waals surface area contributed by atoms with E-state index in [0.717, 1.165) is 25.7 Å². The van der Waals surface area contributed by atoms with Crippen molar-refractivity contribution in [3.63, 3.8) is 0 Å². The van der Waals surface area contributed by atoms with E-state index in [4.69, 9.17) is 9.47 Å². The van der Waals surface area contributed by atoms with Crippen molar-refractivity contribution in [2.24, 2.45) is 5.41 Å². The van der Waals surface area contributed by atoms with E-state index >= 15 is 0 Å². The van der Waals surface area contributed by atoms with Gasteiger partial charge in [0.25, 0.3) is 0 Å². The third-order valence-electron chi connectivity index (χ3n) is 6.34. The molecule has 0 rings (SSSR count). The largest absolute Gasteiger partial charge is 0.464 e. The quantitative estimate of drug-likeness (QED) is 0.123. The van der Waals surface area contributed by atoms with Crippen molar-refractivity contribution in [2.75, 3.05) is 13.2 Å². The van der Waals surface area contributed by atoms with Crippen molar-refractivity contribution in [2.45, 2.75) is 156 Å². The zero-order valence-corrected chi connectivity index (χ0v) is 23.4. The average molecular weight is 484 g/mol. The molecule has 0 fully saturated rings. The number of unbranched alkanes of at least 4 members (excludes halogenated alkanes) is 16. The topological polar surface area (TPSA) is 64.6 Å². The van der Waals surface area contributed by atoms with Gasteiger partial charge in [0.1, 0.15) is 6.04 Å². The van der Waals surface area contributed by atoms with Gasteiger partial charge in [-0.1, -0.05) is 137 Å². The molecule has 1 amide bonds. The van der Waals surface area contributed by atoms with Crippen molar-refractivity contribution in [3.8, 4) is 0 Å². The van der Waals surface area contributed by atoms with Gasteiger partial charge in [-0.05, 0) is 18.3 Å². The zero-order chi connectivity index (χ0) is 25.5. The molecule has 5 heteroatoms. The minimum absolute atomic E-state index is 0.368. The van der Waals surface area contributed by atoms with E-state index in [1.165, 1.54) is 89.9 Å². The Morgan fingerprint density at radius 1 is 0.588 bits per heavy atom. The van der Waals surface area contributed by atoms with Gasteiger partial charge in [-0.25, -0.2) is 9.59 Å². The number of hydrogen-bond acceptors (Lipinski definition) is 4. The van der Waals surface area contributed by atoms with Crippen LogP contribution in [0.2, 0.25) is 0 Å². The minimum Gasteiger partial charge on any atom is -0.464 e. The van der Waals surface area contributed by atoms with Gasteiger partial charge in [-0.15, -0.1) is 0 Å². The summed E-state index contributed by atoms with van der Waals surface area (Å²) < 4.78 is 10.6. The lowest BCUT2D eigenvalue weighted by atomic mass is 9.87. The summed E-state index contributed by atoms with van der Waals surface area (Å²) in [5.74, 6) is -0.374. The first-order valence-corrected chi connectivity index (χ1v) is 14.4. The molecule has 1 unspecified atom stereocenters. The van der Waals surface area contributed by atoms with Crippen molar-refractivity contribution >= 4 is 12.1 Å². The van der Waals surface area contributed by atoms with Crippen LogP contribution in [-0.4, -0.2) is 31.3 Å². The van der Waals surface area contributed by atoms with Crippen molar-refractivity contribution < 1.29 is 19.1 Å². The Kier molecular flexibility index (Phi) is 21.4.